The highest BCUT2D eigenvalue weighted by Gasteiger charge is 2.13. The van der Waals surface area contributed by atoms with Gasteiger partial charge in [-0.1, -0.05) is 40.9 Å². The number of carbonyl (C=O) groups excluding carboxylic acids is 1. The normalized spacial score (nSPS) is 10.4. The molecule has 0 heterocycles. The van der Waals surface area contributed by atoms with Gasteiger partial charge in [0.15, 0.2) is 0 Å². The highest BCUT2D eigenvalue weighted by atomic mass is 35.5. The molecule has 2 rings (SSSR count). The van der Waals surface area contributed by atoms with Gasteiger partial charge < -0.3 is 5.32 Å². The topological polar surface area (TPSA) is 29.1 Å². The highest BCUT2D eigenvalue weighted by molar-refractivity contribution is 6.36. The van der Waals surface area contributed by atoms with Crippen molar-refractivity contribution in [2.75, 3.05) is 5.32 Å². The number of halogens is 2. The summed E-state index contributed by atoms with van der Waals surface area (Å²) in [6.45, 7) is 5.96. The van der Waals surface area contributed by atoms with Gasteiger partial charge in [-0.2, -0.15) is 0 Å². The number of hydrogen-bond donors (Lipinski definition) is 1. The van der Waals surface area contributed by atoms with Crippen LogP contribution in [0.15, 0.2) is 30.3 Å². The first-order valence-electron chi connectivity index (χ1n) is 6.22. The Bertz CT molecular complexity index is 657. The maximum Gasteiger partial charge on any atom is 0.257 e. The van der Waals surface area contributed by atoms with Crippen molar-refractivity contribution in [1.82, 2.24) is 0 Å². The standard InChI is InChI=1S/C16H15Cl2NO/c1-9-6-10(2)15(11(3)7-9)19-16(20)13-8-12(17)4-5-14(13)18/h4-8H,1-3H3,(H,19,20). The van der Waals surface area contributed by atoms with Gasteiger partial charge in [-0.05, 0) is 50.1 Å². The van der Waals surface area contributed by atoms with Crippen molar-refractivity contribution in [2.45, 2.75) is 20.8 Å². The molecule has 0 aliphatic heterocycles. The predicted molar refractivity (Wildman–Crippen MR) is 85.1 cm³/mol. The zero-order valence-electron chi connectivity index (χ0n) is 11.6. The fraction of sp³-hybridized carbons (Fsp3) is 0.188. The summed E-state index contributed by atoms with van der Waals surface area (Å²) in [5.74, 6) is -0.257. The second-order valence-corrected chi connectivity index (χ2v) is 5.70. The van der Waals surface area contributed by atoms with Gasteiger partial charge in [-0.25, -0.2) is 0 Å². The van der Waals surface area contributed by atoms with Crippen molar-refractivity contribution >= 4 is 34.8 Å². The minimum atomic E-state index is -0.257. The Labute approximate surface area is 128 Å². The van der Waals surface area contributed by atoms with E-state index < -0.39 is 0 Å². The molecule has 1 amide bonds. The third-order valence-electron chi connectivity index (χ3n) is 3.09. The van der Waals surface area contributed by atoms with Gasteiger partial charge in [0.25, 0.3) is 5.91 Å². The molecule has 0 radical (unpaired) electrons. The minimum Gasteiger partial charge on any atom is -0.321 e. The van der Waals surface area contributed by atoms with Crippen LogP contribution in [0.25, 0.3) is 0 Å². The number of hydrogen-bond acceptors (Lipinski definition) is 1. The van der Waals surface area contributed by atoms with E-state index in [0.29, 0.717) is 15.6 Å². The van der Waals surface area contributed by atoms with Crippen molar-refractivity contribution in [2.24, 2.45) is 0 Å². The van der Waals surface area contributed by atoms with Gasteiger partial charge in [0.05, 0.1) is 10.6 Å². The SMILES string of the molecule is Cc1cc(C)c(NC(=O)c2cc(Cl)ccc2Cl)c(C)c1. The van der Waals surface area contributed by atoms with Crippen LogP contribution in [-0.4, -0.2) is 5.91 Å². The van der Waals surface area contributed by atoms with Gasteiger partial charge >= 0.3 is 0 Å². The molecule has 0 spiro atoms. The molecule has 1 N–H and O–H groups in total. The molecule has 2 aromatic rings. The summed E-state index contributed by atoms with van der Waals surface area (Å²) in [6.07, 6.45) is 0. The first kappa shape index (κ1) is 14.9. The van der Waals surface area contributed by atoms with Crippen LogP contribution in [0.2, 0.25) is 10.0 Å². The van der Waals surface area contributed by atoms with E-state index in [1.807, 2.05) is 32.9 Å². The molecule has 0 unspecified atom stereocenters. The van der Waals surface area contributed by atoms with Crippen LogP contribution in [0.1, 0.15) is 27.0 Å². The molecule has 0 atom stereocenters. The van der Waals surface area contributed by atoms with Crippen LogP contribution in [0.5, 0.6) is 0 Å². The van der Waals surface area contributed by atoms with Crippen molar-refractivity contribution in [3.63, 3.8) is 0 Å². The summed E-state index contributed by atoms with van der Waals surface area (Å²) < 4.78 is 0. The number of rotatable bonds is 2. The van der Waals surface area contributed by atoms with Gasteiger partial charge in [-0.15, -0.1) is 0 Å². The van der Waals surface area contributed by atoms with E-state index in [1.165, 1.54) is 5.56 Å². The summed E-state index contributed by atoms with van der Waals surface area (Å²) >= 11 is 12.0. The molecule has 0 saturated heterocycles. The molecular formula is C16H15Cl2NO. The summed E-state index contributed by atoms with van der Waals surface area (Å²) in [5, 5.41) is 3.77. The number of amides is 1. The fourth-order valence-electron chi connectivity index (χ4n) is 2.23. The lowest BCUT2D eigenvalue weighted by molar-refractivity contribution is 0.102. The van der Waals surface area contributed by atoms with Crippen LogP contribution >= 0.6 is 23.2 Å². The quantitative estimate of drug-likeness (QED) is 0.814. The lowest BCUT2D eigenvalue weighted by Gasteiger charge is -2.13. The van der Waals surface area contributed by atoms with Crippen LogP contribution in [0, 0.1) is 20.8 Å². The smallest absolute Gasteiger partial charge is 0.257 e. The second kappa shape index (κ2) is 5.86. The van der Waals surface area contributed by atoms with Crippen LogP contribution in [0.3, 0.4) is 0 Å². The molecule has 2 nitrogen and oxygen atoms in total. The maximum absolute atomic E-state index is 12.3. The first-order chi connectivity index (χ1) is 9.38. The minimum absolute atomic E-state index is 0.257. The summed E-state index contributed by atoms with van der Waals surface area (Å²) in [4.78, 5) is 12.3. The van der Waals surface area contributed by atoms with E-state index in [1.54, 1.807) is 18.2 Å². The Hall–Kier alpha value is -1.51. The fourth-order valence-corrected chi connectivity index (χ4v) is 2.61. The van der Waals surface area contributed by atoms with E-state index in [2.05, 4.69) is 5.32 Å². The van der Waals surface area contributed by atoms with E-state index in [-0.39, 0.29) is 5.91 Å². The molecule has 0 saturated carbocycles. The average molecular weight is 308 g/mol. The molecule has 4 heteroatoms. The Balaban J connectivity index is 2.35. The molecule has 0 bridgehead atoms. The summed E-state index contributed by atoms with van der Waals surface area (Å²) in [6, 6.07) is 8.90. The first-order valence-corrected chi connectivity index (χ1v) is 6.98. The Morgan fingerprint density at radius 1 is 1.00 bits per heavy atom. The summed E-state index contributed by atoms with van der Waals surface area (Å²) in [5.41, 5.74) is 4.40. The Kier molecular flexibility index (Phi) is 4.36. The van der Waals surface area contributed by atoms with Crippen LogP contribution < -0.4 is 5.32 Å². The zero-order valence-corrected chi connectivity index (χ0v) is 13.1. The van der Waals surface area contributed by atoms with Crippen molar-refractivity contribution in [3.8, 4) is 0 Å². The Morgan fingerprint density at radius 3 is 2.20 bits per heavy atom. The van der Waals surface area contributed by atoms with Gasteiger partial charge in [0.1, 0.15) is 0 Å². The summed E-state index contributed by atoms with van der Waals surface area (Å²) in [7, 11) is 0. The predicted octanol–water partition coefficient (Wildman–Crippen LogP) is 5.17. The van der Waals surface area contributed by atoms with Crippen LogP contribution in [0.4, 0.5) is 5.69 Å². The van der Waals surface area contributed by atoms with E-state index in [4.69, 9.17) is 23.2 Å². The number of nitrogens with one attached hydrogen (secondary N) is 1. The zero-order chi connectivity index (χ0) is 14.9. The monoisotopic (exact) mass is 307 g/mol. The highest BCUT2D eigenvalue weighted by Crippen LogP contribution is 2.25. The number of carbonyl (C=O) groups is 1. The largest absolute Gasteiger partial charge is 0.321 e. The third kappa shape index (κ3) is 3.14. The van der Waals surface area contributed by atoms with Crippen molar-refractivity contribution in [3.05, 3.63) is 62.6 Å². The molecule has 2 aromatic carbocycles. The van der Waals surface area contributed by atoms with Gasteiger partial charge in [-0.3, -0.25) is 4.79 Å². The average Bonchev–Trinajstić information content (AvgIpc) is 2.36. The van der Waals surface area contributed by atoms with E-state index in [9.17, 15) is 4.79 Å². The number of aryl methyl sites for hydroxylation is 3. The van der Waals surface area contributed by atoms with Crippen molar-refractivity contribution < 1.29 is 4.79 Å². The number of anilines is 1. The van der Waals surface area contributed by atoms with E-state index >= 15 is 0 Å². The molecule has 0 aliphatic rings. The number of benzene rings is 2. The van der Waals surface area contributed by atoms with E-state index in [0.717, 1.165) is 16.8 Å². The van der Waals surface area contributed by atoms with Gasteiger partial charge in [0.2, 0.25) is 0 Å². The molecule has 0 fully saturated rings. The van der Waals surface area contributed by atoms with Gasteiger partial charge in [0, 0.05) is 10.7 Å². The third-order valence-corrected chi connectivity index (χ3v) is 3.65. The van der Waals surface area contributed by atoms with Crippen molar-refractivity contribution in [1.29, 1.82) is 0 Å². The van der Waals surface area contributed by atoms with Crippen LogP contribution in [-0.2, 0) is 0 Å². The maximum atomic E-state index is 12.3. The Morgan fingerprint density at radius 2 is 1.60 bits per heavy atom. The second-order valence-electron chi connectivity index (χ2n) is 4.85. The molecular weight excluding hydrogens is 293 g/mol. The molecule has 0 aliphatic carbocycles. The molecule has 20 heavy (non-hydrogen) atoms. The molecule has 104 valence electrons. The molecule has 0 aromatic heterocycles. The lowest BCUT2D eigenvalue weighted by Crippen LogP contribution is -2.14. The lowest BCUT2D eigenvalue weighted by atomic mass is 10.0.